The summed E-state index contributed by atoms with van der Waals surface area (Å²) >= 11 is 0. The van der Waals surface area contributed by atoms with E-state index >= 15 is 0 Å². The largest absolute Gasteiger partial charge is 0.469 e. The zero-order chi connectivity index (χ0) is 13.6. The lowest BCUT2D eigenvalue weighted by Crippen LogP contribution is -2.06. The van der Waals surface area contributed by atoms with Crippen molar-refractivity contribution >= 4 is 11.9 Å². The third-order valence-corrected chi connectivity index (χ3v) is 2.75. The van der Waals surface area contributed by atoms with Crippen LogP contribution in [0.2, 0.25) is 0 Å². The number of hydrogen-bond donors (Lipinski definition) is 0. The maximum atomic E-state index is 11.3. The van der Waals surface area contributed by atoms with Crippen LogP contribution in [0.4, 0.5) is 0 Å². The summed E-state index contributed by atoms with van der Waals surface area (Å²) in [6.07, 6.45) is 7.90. The summed E-state index contributed by atoms with van der Waals surface area (Å²) in [5.41, 5.74) is 0. The van der Waals surface area contributed by atoms with Crippen molar-refractivity contribution in [1.82, 2.24) is 0 Å². The second-order valence-electron chi connectivity index (χ2n) is 4.42. The van der Waals surface area contributed by atoms with E-state index in [9.17, 15) is 9.59 Å². The summed E-state index contributed by atoms with van der Waals surface area (Å²) < 4.78 is 9.61. The Balaban J connectivity index is 3.25. The quantitative estimate of drug-likeness (QED) is 0.422. The lowest BCUT2D eigenvalue weighted by atomic mass is 10.2. The molecule has 0 aliphatic heterocycles. The number of methoxy groups -OCH3 is 1. The van der Waals surface area contributed by atoms with Crippen LogP contribution in [0, 0.1) is 0 Å². The summed E-state index contributed by atoms with van der Waals surface area (Å²) in [5.74, 6) is -0.380. The van der Waals surface area contributed by atoms with Crippen LogP contribution in [0.1, 0.15) is 64.7 Å². The summed E-state index contributed by atoms with van der Waals surface area (Å²) in [6, 6.07) is 0. The Morgan fingerprint density at radius 3 is 2.06 bits per heavy atom. The van der Waals surface area contributed by atoms with Crippen molar-refractivity contribution in [2.45, 2.75) is 64.7 Å². The van der Waals surface area contributed by atoms with Crippen LogP contribution in [-0.4, -0.2) is 25.7 Å². The fourth-order valence-corrected chi connectivity index (χ4v) is 1.60. The van der Waals surface area contributed by atoms with E-state index in [0.717, 1.165) is 12.8 Å². The Morgan fingerprint density at radius 2 is 1.44 bits per heavy atom. The van der Waals surface area contributed by atoms with Crippen molar-refractivity contribution in [3.05, 3.63) is 0 Å². The highest BCUT2D eigenvalue weighted by atomic mass is 16.5. The number of esters is 2. The summed E-state index contributed by atoms with van der Waals surface area (Å²) in [7, 11) is 1.37. The second-order valence-corrected chi connectivity index (χ2v) is 4.42. The molecule has 0 N–H and O–H groups in total. The predicted molar refractivity (Wildman–Crippen MR) is 70.2 cm³/mol. The van der Waals surface area contributed by atoms with Gasteiger partial charge in [-0.15, -0.1) is 0 Å². The highest BCUT2D eigenvalue weighted by Crippen LogP contribution is 2.05. The van der Waals surface area contributed by atoms with Gasteiger partial charge in [0.15, 0.2) is 0 Å². The van der Waals surface area contributed by atoms with Crippen molar-refractivity contribution < 1.29 is 19.1 Å². The molecule has 0 heterocycles. The molecule has 0 aromatic rings. The molecule has 0 aliphatic carbocycles. The van der Waals surface area contributed by atoms with Gasteiger partial charge in [-0.1, -0.05) is 32.6 Å². The zero-order valence-electron chi connectivity index (χ0n) is 11.7. The van der Waals surface area contributed by atoms with Crippen LogP contribution in [0.3, 0.4) is 0 Å². The van der Waals surface area contributed by atoms with E-state index in [1.54, 1.807) is 0 Å². The predicted octanol–water partition coefficient (Wildman–Crippen LogP) is 3.23. The van der Waals surface area contributed by atoms with Gasteiger partial charge in [0, 0.05) is 12.8 Å². The van der Waals surface area contributed by atoms with E-state index in [0.29, 0.717) is 32.3 Å². The summed E-state index contributed by atoms with van der Waals surface area (Å²) in [4.78, 5) is 22.1. The third kappa shape index (κ3) is 11.4. The van der Waals surface area contributed by atoms with Crippen molar-refractivity contribution in [2.75, 3.05) is 13.7 Å². The first kappa shape index (κ1) is 16.9. The normalized spacial score (nSPS) is 10.1. The second kappa shape index (κ2) is 12.4. The highest BCUT2D eigenvalue weighted by molar-refractivity contribution is 5.70. The van der Waals surface area contributed by atoms with Crippen molar-refractivity contribution in [2.24, 2.45) is 0 Å². The SMILES string of the molecule is CCCCCCCOC(=O)CCCCC(=O)OC. The minimum Gasteiger partial charge on any atom is -0.469 e. The molecule has 0 aliphatic rings. The molecule has 0 aromatic carbocycles. The number of rotatable bonds is 11. The average Bonchev–Trinajstić information content (AvgIpc) is 2.38. The first-order chi connectivity index (χ1) is 8.70. The van der Waals surface area contributed by atoms with Gasteiger partial charge < -0.3 is 9.47 Å². The van der Waals surface area contributed by atoms with Gasteiger partial charge in [0.25, 0.3) is 0 Å². The first-order valence-corrected chi connectivity index (χ1v) is 6.93. The third-order valence-electron chi connectivity index (χ3n) is 2.75. The smallest absolute Gasteiger partial charge is 0.305 e. The Labute approximate surface area is 110 Å². The van der Waals surface area contributed by atoms with Gasteiger partial charge in [0.2, 0.25) is 0 Å². The van der Waals surface area contributed by atoms with Crippen LogP contribution in [0.25, 0.3) is 0 Å². The van der Waals surface area contributed by atoms with Gasteiger partial charge in [-0.3, -0.25) is 9.59 Å². The van der Waals surface area contributed by atoms with E-state index in [2.05, 4.69) is 11.7 Å². The van der Waals surface area contributed by atoms with Crippen LogP contribution in [-0.2, 0) is 19.1 Å². The van der Waals surface area contributed by atoms with Gasteiger partial charge in [0.1, 0.15) is 0 Å². The topological polar surface area (TPSA) is 52.6 Å². The Bertz CT molecular complexity index is 226. The molecule has 0 aromatic heterocycles. The van der Waals surface area contributed by atoms with Gasteiger partial charge in [0.05, 0.1) is 13.7 Å². The van der Waals surface area contributed by atoms with Crippen LogP contribution in [0.15, 0.2) is 0 Å². The zero-order valence-corrected chi connectivity index (χ0v) is 11.7. The molecule has 0 bridgehead atoms. The molecule has 0 rings (SSSR count). The number of ether oxygens (including phenoxy) is 2. The van der Waals surface area contributed by atoms with Gasteiger partial charge >= 0.3 is 11.9 Å². The van der Waals surface area contributed by atoms with E-state index < -0.39 is 0 Å². The molecule has 4 nitrogen and oxygen atoms in total. The lowest BCUT2D eigenvalue weighted by molar-refractivity contribution is -0.145. The van der Waals surface area contributed by atoms with Gasteiger partial charge in [-0.05, 0) is 19.3 Å². The Hall–Kier alpha value is -1.06. The maximum Gasteiger partial charge on any atom is 0.305 e. The fourth-order valence-electron chi connectivity index (χ4n) is 1.60. The lowest BCUT2D eigenvalue weighted by Gasteiger charge is -2.04. The molecular weight excluding hydrogens is 232 g/mol. The van der Waals surface area contributed by atoms with Crippen molar-refractivity contribution in [3.63, 3.8) is 0 Å². The molecular formula is C14H26O4. The van der Waals surface area contributed by atoms with Crippen LogP contribution >= 0.6 is 0 Å². The molecule has 0 atom stereocenters. The molecule has 0 amide bonds. The molecule has 4 heteroatoms. The minimum absolute atomic E-state index is 0.157. The highest BCUT2D eigenvalue weighted by Gasteiger charge is 2.04. The summed E-state index contributed by atoms with van der Waals surface area (Å²) in [5, 5.41) is 0. The first-order valence-electron chi connectivity index (χ1n) is 6.93. The minimum atomic E-state index is -0.223. The molecule has 18 heavy (non-hydrogen) atoms. The molecule has 0 radical (unpaired) electrons. The Kier molecular flexibility index (Phi) is 11.7. The molecule has 0 fully saturated rings. The number of carbonyl (C=O) groups excluding carboxylic acids is 2. The monoisotopic (exact) mass is 258 g/mol. The summed E-state index contributed by atoms with van der Waals surface area (Å²) in [6.45, 7) is 2.70. The fraction of sp³-hybridized carbons (Fsp3) is 0.857. The number of hydrogen-bond acceptors (Lipinski definition) is 4. The van der Waals surface area contributed by atoms with E-state index in [-0.39, 0.29) is 11.9 Å². The van der Waals surface area contributed by atoms with Gasteiger partial charge in [-0.2, -0.15) is 0 Å². The number of carbonyl (C=O) groups is 2. The van der Waals surface area contributed by atoms with E-state index in [4.69, 9.17) is 4.74 Å². The molecule has 0 saturated heterocycles. The van der Waals surface area contributed by atoms with Crippen molar-refractivity contribution in [3.8, 4) is 0 Å². The van der Waals surface area contributed by atoms with Crippen molar-refractivity contribution in [1.29, 1.82) is 0 Å². The maximum absolute atomic E-state index is 11.3. The molecule has 0 unspecified atom stereocenters. The number of unbranched alkanes of at least 4 members (excludes halogenated alkanes) is 5. The molecule has 106 valence electrons. The van der Waals surface area contributed by atoms with E-state index in [1.807, 2.05) is 0 Å². The van der Waals surface area contributed by atoms with E-state index in [1.165, 1.54) is 26.4 Å². The Morgan fingerprint density at radius 1 is 0.833 bits per heavy atom. The molecule has 0 saturated carbocycles. The standard InChI is InChI=1S/C14H26O4/c1-3-4-5-6-9-12-18-14(16)11-8-7-10-13(15)17-2/h3-12H2,1-2H3. The van der Waals surface area contributed by atoms with Crippen LogP contribution in [0.5, 0.6) is 0 Å². The average molecular weight is 258 g/mol. The van der Waals surface area contributed by atoms with Crippen LogP contribution < -0.4 is 0 Å². The molecule has 0 spiro atoms. The van der Waals surface area contributed by atoms with Gasteiger partial charge in [-0.25, -0.2) is 0 Å².